The van der Waals surface area contributed by atoms with E-state index in [1.807, 2.05) is 45.6 Å². The molecule has 0 aliphatic carbocycles. The highest BCUT2D eigenvalue weighted by molar-refractivity contribution is 6.32. The van der Waals surface area contributed by atoms with Crippen molar-refractivity contribution in [3.05, 3.63) is 93.0 Å². The Labute approximate surface area is 254 Å². The van der Waals surface area contributed by atoms with E-state index in [2.05, 4.69) is 16.5 Å². The van der Waals surface area contributed by atoms with Crippen LogP contribution in [0.15, 0.2) is 54.0 Å². The van der Waals surface area contributed by atoms with Crippen LogP contribution < -0.4 is 10.6 Å². The number of carbonyl (C=O) groups is 1. The lowest BCUT2D eigenvalue weighted by atomic mass is 10.0. The number of nitrogens with zero attached hydrogens (tertiary/aromatic N) is 6. The highest BCUT2D eigenvalue weighted by Crippen LogP contribution is 2.34. The Hall–Kier alpha value is -4.31. The molecule has 2 atom stereocenters. The Bertz CT molecular complexity index is 1790. The molecule has 43 heavy (non-hydrogen) atoms. The number of benzene rings is 1. The third-order valence-corrected chi connectivity index (χ3v) is 8.28. The molecule has 0 bridgehead atoms. The first-order chi connectivity index (χ1) is 20.4. The van der Waals surface area contributed by atoms with Crippen molar-refractivity contribution in [2.45, 2.75) is 59.0 Å². The minimum absolute atomic E-state index is 0.0185. The number of halogens is 2. The number of phenols is 1. The number of hydrogen-bond donors (Lipinski definition) is 1. The van der Waals surface area contributed by atoms with Crippen molar-refractivity contribution >= 4 is 34.4 Å². The fourth-order valence-electron chi connectivity index (χ4n) is 5.71. The number of piperazine rings is 1. The number of aromatic nitrogens is 4. The zero-order chi connectivity index (χ0) is 31.2. The Morgan fingerprint density at radius 1 is 1.21 bits per heavy atom. The lowest BCUT2D eigenvalue weighted by Crippen LogP contribution is -2.58. The second-order valence-corrected chi connectivity index (χ2v) is 11.7. The van der Waals surface area contributed by atoms with Crippen LogP contribution >= 0.6 is 11.6 Å². The average molecular weight is 605 g/mol. The normalized spacial score (nSPS) is 17.1. The van der Waals surface area contributed by atoms with E-state index in [-0.39, 0.29) is 58.0 Å². The number of hydrogen-bond acceptors (Lipinski definition) is 7. The molecule has 1 amide bonds. The van der Waals surface area contributed by atoms with Crippen LogP contribution in [0.4, 0.5) is 10.2 Å². The summed E-state index contributed by atoms with van der Waals surface area (Å²) in [5, 5.41) is 11.1. The van der Waals surface area contributed by atoms with Crippen LogP contribution in [0.1, 0.15) is 56.1 Å². The van der Waals surface area contributed by atoms with Gasteiger partial charge in [0.05, 0.1) is 27.5 Å². The van der Waals surface area contributed by atoms with E-state index in [4.69, 9.17) is 16.6 Å². The molecule has 4 aromatic rings. The van der Waals surface area contributed by atoms with Crippen molar-refractivity contribution in [3.8, 4) is 11.4 Å². The van der Waals surface area contributed by atoms with Crippen LogP contribution in [-0.2, 0) is 11.2 Å². The number of aryl methyl sites for hydroxylation is 1. The Morgan fingerprint density at radius 3 is 2.63 bits per heavy atom. The van der Waals surface area contributed by atoms with E-state index in [9.17, 15) is 19.1 Å². The second-order valence-electron chi connectivity index (χ2n) is 11.3. The number of phenolic OH excluding ortho intramolecular Hbond substituents is 1. The van der Waals surface area contributed by atoms with Crippen molar-refractivity contribution in [1.29, 1.82) is 0 Å². The van der Waals surface area contributed by atoms with Gasteiger partial charge in [0.15, 0.2) is 5.65 Å². The molecule has 1 aliphatic heterocycles. The monoisotopic (exact) mass is 604 g/mol. The van der Waals surface area contributed by atoms with E-state index in [0.29, 0.717) is 35.7 Å². The second kappa shape index (κ2) is 11.8. The highest BCUT2D eigenvalue weighted by Gasteiger charge is 2.34. The van der Waals surface area contributed by atoms with Crippen LogP contribution in [0.25, 0.3) is 16.7 Å². The van der Waals surface area contributed by atoms with E-state index in [1.54, 1.807) is 17.2 Å². The van der Waals surface area contributed by atoms with E-state index >= 15 is 0 Å². The van der Waals surface area contributed by atoms with E-state index < -0.39 is 11.5 Å². The minimum Gasteiger partial charge on any atom is -0.508 e. The van der Waals surface area contributed by atoms with Crippen molar-refractivity contribution in [2.24, 2.45) is 0 Å². The fraction of sp³-hybridized carbons (Fsp3) is 0.344. The molecule has 1 aliphatic rings. The number of anilines is 1. The number of aromatic hydroxyl groups is 1. The quantitative estimate of drug-likeness (QED) is 0.298. The number of fused-ring (bicyclic) bond motifs is 1. The van der Waals surface area contributed by atoms with Crippen molar-refractivity contribution in [3.63, 3.8) is 0 Å². The number of amides is 1. The summed E-state index contributed by atoms with van der Waals surface area (Å²) >= 11 is 6.79. The van der Waals surface area contributed by atoms with Gasteiger partial charge in [0, 0.05) is 43.4 Å². The SMILES string of the molecule is C=CC(=O)N1C[C@H](C)N(c2nc(=O)n(-c3c(C)ccnc3C(C)C)c3nc(Cc4c(O)cccc4F)c(Cl)cc23)C[C@H]1C. The zero-order valence-corrected chi connectivity index (χ0v) is 25.6. The third-order valence-electron chi connectivity index (χ3n) is 7.95. The predicted molar refractivity (Wildman–Crippen MR) is 166 cm³/mol. The molecule has 224 valence electrons. The van der Waals surface area contributed by atoms with E-state index in [0.717, 1.165) is 5.56 Å². The molecule has 0 saturated carbocycles. The molecule has 3 aromatic heterocycles. The molecule has 0 spiro atoms. The molecule has 1 fully saturated rings. The number of rotatable bonds is 6. The van der Waals surface area contributed by atoms with E-state index in [1.165, 1.54) is 28.8 Å². The van der Waals surface area contributed by atoms with Crippen molar-refractivity contribution < 1.29 is 14.3 Å². The summed E-state index contributed by atoms with van der Waals surface area (Å²) < 4.78 is 16.2. The van der Waals surface area contributed by atoms with Crippen LogP contribution in [0.3, 0.4) is 0 Å². The lowest BCUT2D eigenvalue weighted by molar-refractivity contribution is -0.128. The van der Waals surface area contributed by atoms with Gasteiger partial charge in [-0.05, 0) is 62.6 Å². The zero-order valence-electron chi connectivity index (χ0n) is 24.8. The summed E-state index contributed by atoms with van der Waals surface area (Å²) in [4.78, 5) is 44.3. The molecule has 5 rings (SSSR count). The molecular formula is C32H34ClFN6O3. The maximum absolute atomic E-state index is 14.7. The van der Waals surface area contributed by atoms with Gasteiger partial charge in [0.2, 0.25) is 5.91 Å². The molecule has 9 nitrogen and oxygen atoms in total. The van der Waals surface area contributed by atoms with Crippen LogP contribution in [0, 0.1) is 12.7 Å². The standard InChI is InChI=1S/C32H34ClFN6O3/c1-7-27(42)38-15-20(6)39(16-19(38)5)30-22-13-23(33)25(14-21-24(34)9-8-10-26(21)41)36-31(22)40(32(43)37-30)29-18(4)11-12-35-28(29)17(2)3/h7-13,17,19-20,41H,1,14-16H2,2-6H3/t19-,20+/m1/s1. The maximum atomic E-state index is 14.7. The molecular weight excluding hydrogens is 571 g/mol. The van der Waals surface area contributed by atoms with Gasteiger partial charge < -0.3 is 14.9 Å². The van der Waals surface area contributed by atoms with Crippen molar-refractivity contribution in [1.82, 2.24) is 24.4 Å². The molecule has 1 N–H and O–H groups in total. The average Bonchev–Trinajstić information content (AvgIpc) is 2.96. The van der Waals surface area contributed by atoms with Crippen molar-refractivity contribution in [2.75, 3.05) is 18.0 Å². The van der Waals surface area contributed by atoms with Crippen LogP contribution in [0.2, 0.25) is 5.02 Å². The number of carbonyl (C=O) groups excluding carboxylic acids is 1. The molecule has 4 heterocycles. The molecule has 0 radical (unpaired) electrons. The van der Waals surface area contributed by atoms with Gasteiger partial charge in [0.1, 0.15) is 17.4 Å². The Kier molecular flexibility index (Phi) is 8.25. The topological polar surface area (TPSA) is 104 Å². The molecule has 1 aromatic carbocycles. The first kappa shape index (κ1) is 30.2. The van der Waals surface area contributed by atoms with Crippen LogP contribution in [0.5, 0.6) is 5.75 Å². The maximum Gasteiger partial charge on any atom is 0.355 e. The fourth-order valence-corrected chi connectivity index (χ4v) is 5.93. The third kappa shape index (κ3) is 5.47. The van der Waals surface area contributed by atoms with Crippen LogP contribution in [-0.4, -0.2) is 60.6 Å². The summed E-state index contributed by atoms with van der Waals surface area (Å²) in [7, 11) is 0. The Morgan fingerprint density at radius 2 is 1.95 bits per heavy atom. The molecule has 11 heteroatoms. The summed E-state index contributed by atoms with van der Waals surface area (Å²) in [5.41, 5.74) is 2.14. The highest BCUT2D eigenvalue weighted by atomic mass is 35.5. The van der Waals surface area contributed by atoms with Gasteiger partial charge in [-0.15, -0.1) is 0 Å². The number of pyridine rings is 2. The summed E-state index contributed by atoms with van der Waals surface area (Å²) in [6, 6.07) is 7.22. The first-order valence-corrected chi connectivity index (χ1v) is 14.5. The molecule has 1 saturated heterocycles. The van der Waals surface area contributed by atoms with Gasteiger partial charge in [0.25, 0.3) is 0 Å². The molecule has 0 unspecified atom stereocenters. The predicted octanol–water partition coefficient (Wildman–Crippen LogP) is 5.31. The largest absolute Gasteiger partial charge is 0.508 e. The summed E-state index contributed by atoms with van der Waals surface area (Å²) in [6.45, 7) is 14.2. The first-order valence-electron chi connectivity index (χ1n) is 14.2. The van der Waals surface area contributed by atoms with Gasteiger partial charge in [-0.3, -0.25) is 9.78 Å². The smallest absolute Gasteiger partial charge is 0.355 e. The summed E-state index contributed by atoms with van der Waals surface area (Å²) in [6.07, 6.45) is 2.90. The summed E-state index contributed by atoms with van der Waals surface area (Å²) in [5.74, 6) is -0.596. The van der Waals surface area contributed by atoms with Gasteiger partial charge >= 0.3 is 5.69 Å². The van der Waals surface area contributed by atoms with Gasteiger partial charge in [-0.2, -0.15) is 4.98 Å². The van der Waals surface area contributed by atoms with Gasteiger partial charge in [-0.1, -0.05) is 38.1 Å². The lowest BCUT2D eigenvalue weighted by Gasteiger charge is -2.44. The van der Waals surface area contributed by atoms with Gasteiger partial charge in [-0.25, -0.2) is 18.7 Å². The Balaban J connectivity index is 1.78. The minimum atomic E-state index is -0.592.